The smallest absolute Gasteiger partial charge is 0.193 e. The number of nitrogens with zero attached hydrogens (tertiary/aromatic N) is 4. The Kier molecular flexibility index (Phi) is 10.3. The summed E-state index contributed by atoms with van der Waals surface area (Å²) in [5.41, 5.74) is 0.922. The van der Waals surface area contributed by atoms with Crippen molar-refractivity contribution in [3.05, 3.63) is 24.3 Å². The molecular formula is C21H36IN5O2. The van der Waals surface area contributed by atoms with Gasteiger partial charge in [-0.15, -0.1) is 24.0 Å². The molecular weight excluding hydrogens is 481 g/mol. The van der Waals surface area contributed by atoms with E-state index in [4.69, 9.17) is 4.74 Å². The van der Waals surface area contributed by atoms with Crippen molar-refractivity contribution in [3.63, 3.8) is 0 Å². The molecule has 2 fully saturated rings. The Labute approximate surface area is 192 Å². The lowest BCUT2D eigenvalue weighted by Gasteiger charge is -2.38. The lowest BCUT2D eigenvalue weighted by atomic mass is 9.97. The van der Waals surface area contributed by atoms with E-state index in [2.05, 4.69) is 25.0 Å². The zero-order chi connectivity index (χ0) is 19.8. The van der Waals surface area contributed by atoms with Crippen LogP contribution in [0.5, 0.6) is 5.75 Å². The molecule has 2 N–H and O–H groups in total. The van der Waals surface area contributed by atoms with Crippen LogP contribution in [0.3, 0.4) is 0 Å². The normalized spacial score (nSPS) is 19.2. The maximum Gasteiger partial charge on any atom is 0.193 e. The molecule has 0 unspecified atom stereocenters. The number of aliphatic imine (C=N–C) groups is 1. The second-order valence-corrected chi connectivity index (χ2v) is 7.67. The number of aromatic hydroxyl groups is 1. The summed E-state index contributed by atoms with van der Waals surface area (Å²) in [6.45, 7) is 8.76. The van der Waals surface area contributed by atoms with Gasteiger partial charge in [0, 0.05) is 53.4 Å². The van der Waals surface area contributed by atoms with Gasteiger partial charge in [-0.05, 0) is 44.0 Å². The number of hydrogen-bond acceptors (Lipinski definition) is 5. The molecule has 3 rings (SSSR count). The number of likely N-dealkylation sites (tertiary alicyclic amines) is 1. The molecule has 0 radical (unpaired) electrons. The first kappa shape index (κ1) is 24.0. The number of phenolic OH excluding ortho intramolecular Hbond substituents is 1. The van der Waals surface area contributed by atoms with Gasteiger partial charge in [-0.2, -0.15) is 0 Å². The molecule has 1 aromatic rings. The largest absolute Gasteiger partial charge is 0.506 e. The van der Waals surface area contributed by atoms with Crippen LogP contribution < -0.4 is 10.2 Å². The van der Waals surface area contributed by atoms with E-state index in [1.54, 1.807) is 13.2 Å². The number of methoxy groups -OCH3 is 1. The van der Waals surface area contributed by atoms with Crippen molar-refractivity contribution in [3.8, 4) is 5.75 Å². The summed E-state index contributed by atoms with van der Waals surface area (Å²) in [7, 11) is 3.63. The minimum atomic E-state index is 0. The van der Waals surface area contributed by atoms with Crippen LogP contribution in [0.4, 0.5) is 5.69 Å². The third-order valence-corrected chi connectivity index (χ3v) is 5.88. The minimum Gasteiger partial charge on any atom is -0.506 e. The van der Waals surface area contributed by atoms with Crippen LogP contribution in [-0.2, 0) is 4.74 Å². The number of halogens is 1. The summed E-state index contributed by atoms with van der Waals surface area (Å²) < 4.78 is 5.18. The summed E-state index contributed by atoms with van der Waals surface area (Å²) in [6, 6.07) is 7.57. The number of guanidine groups is 1. The Morgan fingerprint density at radius 1 is 1.14 bits per heavy atom. The number of ether oxygens (including phenoxy) is 1. The number of hydrogen-bond donors (Lipinski definition) is 2. The molecule has 2 aliphatic rings. The van der Waals surface area contributed by atoms with Crippen LogP contribution in [-0.4, -0.2) is 94.0 Å². The van der Waals surface area contributed by atoms with Crippen molar-refractivity contribution in [2.45, 2.75) is 12.8 Å². The molecule has 2 aliphatic heterocycles. The first-order valence-electron chi connectivity index (χ1n) is 10.4. The molecule has 0 aliphatic carbocycles. The fourth-order valence-corrected chi connectivity index (χ4v) is 4.09. The standard InChI is InChI=1S/C21H35N5O2.HI/c1-22-21(23-17-18-7-9-24(10-8-18)15-16-28-2)26-13-11-25(12-14-26)19-5-3-4-6-20(19)27;/h3-6,18,27H,7-17H2,1-2H3,(H,22,23);1H. The maximum atomic E-state index is 10.1. The quantitative estimate of drug-likeness (QED) is 0.343. The maximum absolute atomic E-state index is 10.1. The van der Waals surface area contributed by atoms with Gasteiger partial charge in [-0.1, -0.05) is 12.1 Å². The molecule has 0 bridgehead atoms. The van der Waals surface area contributed by atoms with Gasteiger partial charge in [-0.25, -0.2) is 0 Å². The fourth-order valence-electron chi connectivity index (χ4n) is 4.09. The lowest BCUT2D eigenvalue weighted by Crippen LogP contribution is -2.53. The number of piperazine rings is 1. The minimum absolute atomic E-state index is 0. The van der Waals surface area contributed by atoms with Gasteiger partial charge >= 0.3 is 0 Å². The van der Waals surface area contributed by atoms with E-state index in [1.807, 2.05) is 25.2 Å². The number of nitrogens with one attached hydrogen (secondary N) is 1. The number of piperidine rings is 1. The van der Waals surface area contributed by atoms with Crippen LogP contribution in [0.15, 0.2) is 29.3 Å². The molecule has 0 atom stereocenters. The van der Waals surface area contributed by atoms with Crippen LogP contribution in [0.1, 0.15) is 12.8 Å². The molecule has 164 valence electrons. The molecule has 2 saturated heterocycles. The zero-order valence-corrected chi connectivity index (χ0v) is 20.0. The second-order valence-electron chi connectivity index (χ2n) is 7.67. The number of benzene rings is 1. The van der Waals surface area contributed by atoms with Crippen molar-refractivity contribution in [1.82, 2.24) is 15.1 Å². The summed E-state index contributed by atoms with van der Waals surface area (Å²) in [4.78, 5) is 11.6. The second kappa shape index (κ2) is 12.4. The van der Waals surface area contributed by atoms with Gasteiger partial charge in [0.1, 0.15) is 5.75 Å². The van der Waals surface area contributed by atoms with Gasteiger partial charge < -0.3 is 29.9 Å². The first-order chi connectivity index (χ1) is 13.7. The Bertz CT molecular complexity index is 629. The van der Waals surface area contributed by atoms with Crippen molar-refractivity contribution >= 4 is 35.6 Å². The Balaban J connectivity index is 0.00000300. The SMILES string of the molecule is CN=C(NCC1CCN(CCOC)CC1)N1CCN(c2ccccc2O)CC1.I. The third kappa shape index (κ3) is 6.89. The first-order valence-corrected chi connectivity index (χ1v) is 10.4. The van der Waals surface area contributed by atoms with Crippen LogP contribution in [0.25, 0.3) is 0 Å². The monoisotopic (exact) mass is 517 g/mol. The van der Waals surface area contributed by atoms with Gasteiger partial charge in [0.15, 0.2) is 5.96 Å². The zero-order valence-electron chi connectivity index (χ0n) is 17.7. The van der Waals surface area contributed by atoms with E-state index < -0.39 is 0 Å². The van der Waals surface area contributed by atoms with Gasteiger partial charge in [-0.3, -0.25) is 4.99 Å². The molecule has 0 amide bonds. The molecule has 0 spiro atoms. The van der Waals surface area contributed by atoms with Crippen LogP contribution >= 0.6 is 24.0 Å². The van der Waals surface area contributed by atoms with E-state index in [9.17, 15) is 5.11 Å². The van der Waals surface area contributed by atoms with Gasteiger partial charge in [0.05, 0.1) is 12.3 Å². The summed E-state index contributed by atoms with van der Waals surface area (Å²) >= 11 is 0. The third-order valence-electron chi connectivity index (χ3n) is 5.88. The van der Waals surface area contributed by atoms with E-state index in [0.29, 0.717) is 11.7 Å². The lowest BCUT2D eigenvalue weighted by molar-refractivity contribution is 0.120. The summed E-state index contributed by atoms with van der Waals surface area (Å²) in [5, 5.41) is 13.7. The predicted octanol–water partition coefficient (Wildman–Crippen LogP) is 2.07. The van der Waals surface area contributed by atoms with Crippen molar-refractivity contribution in [2.24, 2.45) is 10.9 Å². The molecule has 1 aromatic carbocycles. The van der Waals surface area contributed by atoms with E-state index in [1.165, 1.54) is 12.8 Å². The van der Waals surface area contributed by atoms with E-state index >= 15 is 0 Å². The number of anilines is 1. The highest BCUT2D eigenvalue weighted by Gasteiger charge is 2.23. The van der Waals surface area contributed by atoms with Crippen molar-refractivity contribution < 1.29 is 9.84 Å². The molecule has 29 heavy (non-hydrogen) atoms. The topological polar surface area (TPSA) is 63.6 Å². The molecule has 7 nitrogen and oxygen atoms in total. The van der Waals surface area contributed by atoms with Crippen LogP contribution in [0, 0.1) is 5.92 Å². The number of rotatable bonds is 6. The Hall–Kier alpha value is -1.26. The fraction of sp³-hybridized carbons (Fsp3) is 0.667. The summed E-state index contributed by atoms with van der Waals surface area (Å²) in [6.07, 6.45) is 2.46. The average molecular weight is 517 g/mol. The Morgan fingerprint density at radius 2 is 1.83 bits per heavy atom. The molecule has 0 aromatic heterocycles. The van der Waals surface area contributed by atoms with Crippen molar-refractivity contribution in [1.29, 1.82) is 0 Å². The number of para-hydroxylation sites is 2. The number of phenols is 1. The van der Waals surface area contributed by atoms with E-state index in [-0.39, 0.29) is 24.0 Å². The van der Waals surface area contributed by atoms with Crippen molar-refractivity contribution in [2.75, 3.05) is 78.0 Å². The average Bonchev–Trinajstić information content (AvgIpc) is 2.74. The molecule has 2 heterocycles. The molecule has 8 heteroatoms. The molecule has 0 saturated carbocycles. The Morgan fingerprint density at radius 3 is 2.45 bits per heavy atom. The van der Waals surface area contributed by atoms with Gasteiger partial charge in [0.2, 0.25) is 0 Å². The highest BCUT2D eigenvalue weighted by Crippen LogP contribution is 2.27. The summed E-state index contributed by atoms with van der Waals surface area (Å²) in [5.74, 6) is 2.06. The van der Waals surface area contributed by atoms with Gasteiger partial charge in [0.25, 0.3) is 0 Å². The highest BCUT2D eigenvalue weighted by atomic mass is 127. The van der Waals surface area contributed by atoms with E-state index in [0.717, 1.165) is 70.6 Å². The highest BCUT2D eigenvalue weighted by molar-refractivity contribution is 14.0. The van der Waals surface area contributed by atoms with Crippen LogP contribution in [0.2, 0.25) is 0 Å². The predicted molar refractivity (Wildman–Crippen MR) is 130 cm³/mol.